The van der Waals surface area contributed by atoms with Crippen LogP contribution in [0.25, 0.3) is 11.3 Å². The summed E-state index contributed by atoms with van der Waals surface area (Å²) in [4.78, 5) is 16.7. The van der Waals surface area contributed by atoms with E-state index in [0.717, 1.165) is 11.1 Å². The number of carbonyl (C=O) groups is 1. The van der Waals surface area contributed by atoms with E-state index in [1.165, 1.54) is 0 Å². The van der Waals surface area contributed by atoms with Gasteiger partial charge in [-0.3, -0.25) is 14.5 Å². The van der Waals surface area contributed by atoms with E-state index in [-0.39, 0.29) is 29.1 Å². The van der Waals surface area contributed by atoms with Gasteiger partial charge in [0.1, 0.15) is 5.75 Å². The lowest BCUT2D eigenvalue weighted by atomic mass is 10.1. The Morgan fingerprint density at radius 1 is 1.20 bits per heavy atom. The zero-order valence-electron chi connectivity index (χ0n) is 16.5. The number of carbonyl (C=O) groups excluding carboxylic acids is 1. The number of hydrogen-bond acceptors (Lipinski definition) is 6. The van der Waals surface area contributed by atoms with Gasteiger partial charge in [0.25, 0.3) is 5.91 Å². The third-order valence-electron chi connectivity index (χ3n) is 5.11. The summed E-state index contributed by atoms with van der Waals surface area (Å²) in [6, 6.07) is 12.4. The fourth-order valence-electron chi connectivity index (χ4n) is 3.50. The monoisotopic (exact) mass is 426 g/mol. The second-order valence-corrected chi connectivity index (χ2v) is 9.41. The van der Waals surface area contributed by atoms with Gasteiger partial charge in [-0.15, -0.1) is 0 Å². The van der Waals surface area contributed by atoms with E-state index in [2.05, 4.69) is 15.4 Å². The van der Waals surface area contributed by atoms with Crippen LogP contribution in [0.4, 0.5) is 0 Å². The van der Waals surface area contributed by atoms with Crippen molar-refractivity contribution >= 4 is 15.7 Å². The normalized spacial score (nSPS) is 17.6. The minimum Gasteiger partial charge on any atom is -0.497 e. The number of pyridine rings is 1. The summed E-state index contributed by atoms with van der Waals surface area (Å²) in [6.45, 7) is 0.351. The summed E-state index contributed by atoms with van der Waals surface area (Å²) in [5, 5.41) is 7.34. The molecule has 4 rings (SSSR count). The summed E-state index contributed by atoms with van der Waals surface area (Å²) < 4.78 is 30.9. The second-order valence-electron chi connectivity index (χ2n) is 7.18. The largest absolute Gasteiger partial charge is 0.497 e. The van der Waals surface area contributed by atoms with Crippen LogP contribution in [-0.2, 0) is 16.4 Å². The molecule has 0 aliphatic carbocycles. The number of hydrogen-bond donors (Lipinski definition) is 1. The molecule has 1 aromatic carbocycles. The predicted molar refractivity (Wildman–Crippen MR) is 112 cm³/mol. The molecule has 1 amide bonds. The summed E-state index contributed by atoms with van der Waals surface area (Å²) in [5.41, 5.74) is 2.71. The van der Waals surface area contributed by atoms with Gasteiger partial charge in [-0.05, 0) is 54.4 Å². The van der Waals surface area contributed by atoms with Crippen LogP contribution < -0.4 is 10.1 Å². The highest BCUT2D eigenvalue weighted by atomic mass is 32.2. The van der Waals surface area contributed by atoms with E-state index in [4.69, 9.17) is 4.74 Å². The number of nitrogens with one attached hydrogen (secondary N) is 1. The average Bonchev–Trinajstić information content (AvgIpc) is 3.36. The standard InChI is InChI=1S/C21H22N4O4S/c1-29-18-4-2-16(3-5-18)20-12-19(21(26)23-13-15-6-9-22-10-7-15)24-25(20)17-8-11-30(27,28)14-17/h2-7,9-10,12,17H,8,11,13-14H2,1H3,(H,23,26). The summed E-state index contributed by atoms with van der Waals surface area (Å²) in [7, 11) is -1.51. The van der Waals surface area contributed by atoms with Crippen molar-refractivity contribution in [2.75, 3.05) is 18.6 Å². The maximum absolute atomic E-state index is 12.7. The molecular weight excluding hydrogens is 404 g/mol. The average molecular weight is 426 g/mol. The van der Waals surface area contributed by atoms with Crippen molar-refractivity contribution in [3.05, 3.63) is 66.1 Å². The molecule has 0 spiro atoms. The minimum absolute atomic E-state index is 0.0237. The van der Waals surface area contributed by atoms with Crippen LogP contribution in [0.2, 0.25) is 0 Å². The van der Waals surface area contributed by atoms with E-state index in [9.17, 15) is 13.2 Å². The lowest BCUT2D eigenvalue weighted by Crippen LogP contribution is -2.24. The number of benzene rings is 1. The van der Waals surface area contributed by atoms with Gasteiger partial charge in [-0.1, -0.05) is 0 Å². The Hall–Kier alpha value is -3.20. The Morgan fingerprint density at radius 3 is 2.57 bits per heavy atom. The number of ether oxygens (including phenoxy) is 1. The van der Waals surface area contributed by atoms with E-state index in [1.54, 1.807) is 30.3 Å². The molecule has 1 fully saturated rings. The third kappa shape index (κ3) is 4.35. The van der Waals surface area contributed by atoms with Crippen LogP contribution in [0.3, 0.4) is 0 Å². The van der Waals surface area contributed by atoms with Crippen molar-refractivity contribution in [2.24, 2.45) is 0 Å². The minimum atomic E-state index is -3.10. The highest BCUT2D eigenvalue weighted by Gasteiger charge is 2.32. The van der Waals surface area contributed by atoms with Gasteiger partial charge in [0, 0.05) is 24.5 Å². The zero-order valence-corrected chi connectivity index (χ0v) is 17.3. The first-order valence-electron chi connectivity index (χ1n) is 9.57. The van der Waals surface area contributed by atoms with Crippen LogP contribution in [0.1, 0.15) is 28.5 Å². The van der Waals surface area contributed by atoms with Gasteiger partial charge in [-0.2, -0.15) is 5.10 Å². The van der Waals surface area contributed by atoms with Crippen LogP contribution in [-0.4, -0.2) is 47.7 Å². The van der Waals surface area contributed by atoms with Gasteiger partial charge in [0.15, 0.2) is 15.5 Å². The molecular formula is C21H22N4O4S. The van der Waals surface area contributed by atoms with E-state index < -0.39 is 9.84 Å². The van der Waals surface area contributed by atoms with Crippen LogP contribution >= 0.6 is 0 Å². The van der Waals surface area contributed by atoms with E-state index in [1.807, 2.05) is 36.4 Å². The molecule has 1 N–H and O–H groups in total. The van der Waals surface area contributed by atoms with Gasteiger partial charge in [0.05, 0.1) is 30.4 Å². The number of nitrogens with zero attached hydrogens (tertiary/aromatic N) is 3. The van der Waals surface area contributed by atoms with Crippen molar-refractivity contribution in [3.63, 3.8) is 0 Å². The maximum Gasteiger partial charge on any atom is 0.272 e. The number of sulfone groups is 1. The molecule has 8 nitrogen and oxygen atoms in total. The molecule has 1 atom stereocenters. The molecule has 3 heterocycles. The maximum atomic E-state index is 12.7. The summed E-state index contributed by atoms with van der Waals surface area (Å²) in [5.74, 6) is 0.545. The Morgan fingerprint density at radius 2 is 1.93 bits per heavy atom. The first-order chi connectivity index (χ1) is 14.4. The molecule has 3 aromatic rings. The molecule has 2 aromatic heterocycles. The highest BCUT2D eigenvalue weighted by molar-refractivity contribution is 7.91. The quantitative estimate of drug-likeness (QED) is 0.648. The molecule has 0 radical (unpaired) electrons. The highest BCUT2D eigenvalue weighted by Crippen LogP contribution is 2.31. The smallest absolute Gasteiger partial charge is 0.272 e. The molecule has 1 aliphatic rings. The number of aromatic nitrogens is 3. The zero-order chi connectivity index (χ0) is 21.1. The lowest BCUT2D eigenvalue weighted by molar-refractivity contribution is 0.0945. The van der Waals surface area contributed by atoms with Gasteiger partial charge < -0.3 is 10.1 Å². The van der Waals surface area contributed by atoms with E-state index in [0.29, 0.717) is 24.4 Å². The SMILES string of the molecule is COc1ccc(-c2cc(C(=O)NCc3ccncc3)nn2C2CCS(=O)(=O)C2)cc1. The van der Waals surface area contributed by atoms with Crippen molar-refractivity contribution in [1.29, 1.82) is 0 Å². The predicted octanol–water partition coefficient (Wildman–Crippen LogP) is 2.24. The molecule has 1 aliphatic heterocycles. The third-order valence-corrected chi connectivity index (χ3v) is 6.86. The van der Waals surface area contributed by atoms with Gasteiger partial charge in [-0.25, -0.2) is 8.42 Å². The molecule has 0 saturated carbocycles. The topological polar surface area (TPSA) is 103 Å². The fourth-order valence-corrected chi connectivity index (χ4v) is 5.19. The molecule has 30 heavy (non-hydrogen) atoms. The molecule has 1 unspecified atom stereocenters. The Labute approximate surface area is 174 Å². The number of methoxy groups -OCH3 is 1. The molecule has 156 valence electrons. The van der Waals surface area contributed by atoms with Crippen molar-refractivity contribution in [2.45, 2.75) is 19.0 Å². The van der Waals surface area contributed by atoms with Gasteiger partial charge in [0.2, 0.25) is 0 Å². The Balaban J connectivity index is 1.63. The molecule has 0 bridgehead atoms. The molecule has 9 heteroatoms. The van der Waals surface area contributed by atoms with Crippen molar-refractivity contribution < 1.29 is 17.9 Å². The van der Waals surface area contributed by atoms with Crippen molar-refractivity contribution in [1.82, 2.24) is 20.1 Å². The number of amides is 1. The first kappa shape index (κ1) is 20.1. The summed E-state index contributed by atoms with van der Waals surface area (Å²) >= 11 is 0. The van der Waals surface area contributed by atoms with Crippen LogP contribution in [0.15, 0.2) is 54.9 Å². The Bertz CT molecular complexity index is 1140. The van der Waals surface area contributed by atoms with Crippen molar-refractivity contribution in [3.8, 4) is 17.0 Å². The lowest BCUT2D eigenvalue weighted by Gasteiger charge is -2.13. The summed E-state index contributed by atoms with van der Waals surface area (Å²) in [6.07, 6.45) is 3.81. The fraction of sp³-hybridized carbons (Fsp3) is 0.286. The Kier molecular flexibility index (Phi) is 5.54. The first-order valence-corrected chi connectivity index (χ1v) is 11.4. The van der Waals surface area contributed by atoms with Crippen LogP contribution in [0, 0.1) is 0 Å². The van der Waals surface area contributed by atoms with Gasteiger partial charge >= 0.3 is 0 Å². The molecule has 1 saturated heterocycles. The van der Waals surface area contributed by atoms with E-state index >= 15 is 0 Å². The van der Waals surface area contributed by atoms with Crippen LogP contribution in [0.5, 0.6) is 5.75 Å². The number of rotatable bonds is 6. The second kappa shape index (κ2) is 8.27.